The lowest BCUT2D eigenvalue weighted by Crippen LogP contribution is -2.05. The Morgan fingerprint density at radius 1 is 1.47 bits per heavy atom. The number of benzene rings is 1. The highest BCUT2D eigenvalue weighted by atomic mass is 35.5. The molecule has 0 aliphatic rings. The number of nitrogens with zero attached hydrogens (tertiary/aromatic N) is 1. The number of carbonyl (C=O) groups is 1. The Kier molecular flexibility index (Phi) is 4.39. The van der Waals surface area contributed by atoms with Gasteiger partial charge in [-0.15, -0.1) is 0 Å². The third kappa shape index (κ3) is 2.88. The minimum absolute atomic E-state index is 0.325. The summed E-state index contributed by atoms with van der Waals surface area (Å²) in [7, 11) is 1.55. The first kappa shape index (κ1) is 13.8. The van der Waals surface area contributed by atoms with Crippen LogP contribution in [0.25, 0.3) is 11.3 Å². The summed E-state index contributed by atoms with van der Waals surface area (Å²) in [6.07, 6.45) is 0. The molecule has 1 aromatic carbocycles. The molecule has 0 N–H and O–H groups in total. The van der Waals surface area contributed by atoms with Crippen LogP contribution in [-0.4, -0.2) is 24.1 Å². The van der Waals surface area contributed by atoms with E-state index < -0.39 is 0 Å². The molecule has 0 bridgehead atoms. The highest BCUT2D eigenvalue weighted by Crippen LogP contribution is 2.34. The Morgan fingerprint density at radius 3 is 2.95 bits per heavy atom. The molecule has 0 aliphatic heterocycles. The minimum Gasteiger partial charge on any atom is -0.496 e. The summed E-state index contributed by atoms with van der Waals surface area (Å²) in [5.41, 5.74) is 1.71. The van der Waals surface area contributed by atoms with Gasteiger partial charge < -0.3 is 9.47 Å². The van der Waals surface area contributed by atoms with Crippen LogP contribution in [0.5, 0.6) is 5.75 Å². The summed E-state index contributed by atoms with van der Waals surface area (Å²) in [6.45, 7) is 2.09. The third-order valence-corrected chi connectivity index (χ3v) is 3.35. The molecular weight excluding hydrogens is 286 g/mol. The summed E-state index contributed by atoms with van der Waals surface area (Å²) in [5.74, 6) is 0.187. The number of methoxy groups -OCH3 is 1. The maximum atomic E-state index is 11.8. The van der Waals surface area contributed by atoms with Crippen molar-refractivity contribution >= 4 is 29.1 Å². The number of halogens is 1. The highest BCUT2D eigenvalue weighted by Gasteiger charge is 2.19. The minimum atomic E-state index is -0.386. The molecule has 1 aromatic heterocycles. The Bertz CT molecular complexity index is 597. The molecule has 100 valence electrons. The Balaban J connectivity index is 2.48. The van der Waals surface area contributed by atoms with Crippen molar-refractivity contribution in [2.24, 2.45) is 0 Å². The predicted molar refractivity (Wildman–Crippen MR) is 75.1 cm³/mol. The number of ether oxygens (including phenoxy) is 2. The summed E-state index contributed by atoms with van der Waals surface area (Å²) in [6, 6.07) is 5.19. The molecular formula is C13H12ClNO3S. The van der Waals surface area contributed by atoms with E-state index in [0.29, 0.717) is 28.6 Å². The van der Waals surface area contributed by atoms with E-state index in [1.165, 1.54) is 11.5 Å². The van der Waals surface area contributed by atoms with Crippen molar-refractivity contribution in [1.82, 2.24) is 4.37 Å². The van der Waals surface area contributed by atoms with Gasteiger partial charge in [-0.05, 0) is 36.7 Å². The van der Waals surface area contributed by atoms with Gasteiger partial charge in [-0.3, -0.25) is 0 Å². The second-order valence-electron chi connectivity index (χ2n) is 3.64. The van der Waals surface area contributed by atoms with E-state index in [-0.39, 0.29) is 5.97 Å². The number of aromatic nitrogens is 1. The van der Waals surface area contributed by atoms with Gasteiger partial charge in [-0.2, -0.15) is 4.37 Å². The summed E-state index contributed by atoms with van der Waals surface area (Å²) in [4.78, 5) is 11.8. The van der Waals surface area contributed by atoms with Crippen LogP contribution in [0.15, 0.2) is 23.6 Å². The van der Waals surface area contributed by atoms with Gasteiger partial charge in [0.2, 0.25) is 0 Å². The van der Waals surface area contributed by atoms with Crippen molar-refractivity contribution in [2.45, 2.75) is 6.92 Å². The number of hydrogen-bond acceptors (Lipinski definition) is 5. The molecule has 6 heteroatoms. The van der Waals surface area contributed by atoms with Crippen molar-refractivity contribution < 1.29 is 14.3 Å². The Hall–Kier alpha value is -1.59. The molecule has 1 heterocycles. The average molecular weight is 298 g/mol. The normalized spacial score (nSPS) is 10.3. The van der Waals surface area contributed by atoms with Crippen molar-refractivity contribution in [3.63, 3.8) is 0 Å². The number of esters is 1. The van der Waals surface area contributed by atoms with E-state index in [0.717, 1.165) is 5.56 Å². The van der Waals surface area contributed by atoms with Crippen LogP contribution in [0.3, 0.4) is 0 Å². The van der Waals surface area contributed by atoms with Crippen LogP contribution in [0.4, 0.5) is 0 Å². The standard InChI is InChI=1S/C13H12ClNO3S/c1-3-18-13(16)10-7-19-15-12(10)9-5-4-8(14)6-11(9)17-2/h4-7H,3H2,1-2H3. The Labute approximate surface area is 120 Å². The van der Waals surface area contributed by atoms with Gasteiger partial charge in [0.1, 0.15) is 11.4 Å². The largest absolute Gasteiger partial charge is 0.496 e. The van der Waals surface area contributed by atoms with Crippen molar-refractivity contribution in [1.29, 1.82) is 0 Å². The average Bonchev–Trinajstić information content (AvgIpc) is 2.88. The van der Waals surface area contributed by atoms with Crippen LogP contribution < -0.4 is 4.74 Å². The zero-order valence-corrected chi connectivity index (χ0v) is 12.0. The SMILES string of the molecule is CCOC(=O)c1csnc1-c1ccc(Cl)cc1OC. The molecule has 2 rings (SSSR count). The first-order chi connectivity index (χ1) is 9.17. The van der Waals surface area contributed by atoms with E-state index >= 15 is 0 Å². The van der Waals surface area contributed by atoms with E-state index in [1.807, 2.05) is 0 Å². The molecule has 19 heavy (non-hydrogen) atoms. The van der Waals surface area contributed by atoms with Crippen molar-refractivity contribution in [3.05, 3.63) is 34.2 Å². The number of carbonyl (C=O) groups excluding carboxylic acids is 1. The smallest absolute Gasteiger partial charge is 0.341 e. The first-order valence-corrected chi connectivity index (χ1v) is 6.84. The van der Waals surface area contributed by atoms with Crippen LogP contribution in [0, 0.1) is 0 Å². The molecule has 0 fully saturated rings. The van der Waals surface area contributed by atoms with E-state index in [1.54, 1.807) is 37.6 Å². The van der Waals surface area contributed by atoms with Crippen LogP contribution in [-0.2, 0) is 4.74 Å². The quantitative estimate of drug-likeness (QED) is 0.808. The maximum Gasteiger partial charge on any atom is 0.341 e. The molecule has 0 saturated carbocycles. The zero-order chi connectivity index (χ0) is 13.8. The molecule has 0 aliphatic carbocycles. The fourth-order valence-corrected chi connectivity index (χ4v) is 2.48. The fourth-order valence-electron chi connectivity index (χ4n) is 1.65. The first-order valence-electron chi connectivity index (χ1n) is 5.62. The Morgan fingerprint density at radius 2 is 2.26 bits per heavy atom. The van der Waals surface area contributed by atoms with E-state index in [4.69, 9.17) is 21.1 Å². The van der Waals surface area contributed by atoms with Crippen LogP contribution in [0.1, 0.15) is 17.3 Å². The molecule has 0 spiro atoms. The highest BCUT2D eigenvalue weighted by molar-refractivity contribution is 7.04. The second-order valence-corrected chi connectivity index (χ2v) is 4.71. The fraction of sp³-hybridized carbons (Fsp3) is 0.231. The molecule has 2 aromatic rings. The number of hydrogen-bond donors (Lipinski definition) is 0. The van der Waals surface area contributed by atoms with Gasteiger partial charge in [0.25, 0.3) is 0 Å². The summed E-state index contributed by atoms with van der Waals surface area (Å²) in [5, 5.41) is 2.23. The van der Waals surface area contributed by atoms with Gasteiger partial charge in [0, 0.05) is 16.0 Å². The van der Waals surface area contributed by atoms with Crippen molar-refractivity contribution in [3.8, 4) is 17.0 Å². The monoisotopic (exact) mass is 297 g/mol. The molecule has 0 atom stereocenters. The van der Waals surface area contributed by atoms with Gasteiger partial charge >= 0.3 is 5.97 Å². The van der Waals surface area contributed by atoms with Crippen LogP contribution >= 0.6 is 23.1 Å². The van der Waals surface area contributed by atoms with E-state index in [2.05, 4.69) is 4.37 Å². The molecule has 0 amide bonds. The van der Waals surface area contributed by atoms with Gasteiger partial charge in [0.15, 0.2) is 0 Å². The van der Waals surface area contributed by atoms with Crippen LogP contribution in [0.2, 0.25) is 5.02 Å². The maximum absolute atomic E-state index is 11.8. The molecule has 0 radical (unpaired) electrons. The van der Waals surface area contributed by atoms with Gasteiger partial charge in [-0.1, -0.05) is 11.6 Å². The topological polar surface area (TPSA) is 48.4 Å². The molecule has 0 unspecified atom stereocenters. The third-order valence-electron chi connectivity index (χ3n) is 2.48. The van der Waals surface area contributed by atoms with Gasteiger partial charge in [-0.25, -0.2) is 4.79 Å². The zero-order valence-electron chi connectivity index (χ0n) is 10.5. The number of rotatable bonds is 4. The molecule has 4 nitrogen and oxygen atoms in total. The lowest BCUT2D eigenvalue weighted by atomic mass is 10.1. The summed E-state index contributed by atoms with van der Waals surface area (Å²) < 4.78 is 14.5. The predicted octanol–water partition coefficient (Wildman–Crippen LogP) is 3.65. The van der Waals surface area contributed by atoms with E-state index in [9.17, 15) is 4.79 Å². The lowest BCUT2D eigenvalue weighted by Gasteiger charge is -2.08. The molecule has 0 saturated heterocycles. The lowest BCUT2D eigenvalue weighted by molar-refractivity contribution is 0.0527. The van der Waals surface area contributed by atoms with Crippen molar-refractivity contribution in [2.75, 3.05) is 13.7 Å². The second kappa shape index (κ2) is 6.04. The summed E-state index contributed by atoms with van der Waals surface area (Å²) >= 11 is 7.12. The van der Waals surface area contributed by atoms with Gasteiger partial charge in [0.05, 0.1) is 19.3 Å².